The highest BCUT2D eigenvalue weighted by Crippen LogP contribution is 2.19. The van der Waals surface area contributed by atoms with Crippen molar-refractivity contribution < 1.29 is 24.2 Å². The number of ether oxygens (including phenoxy) is 2. The van der Waals surface area contributed by atoms with Crippen molar-refractivity contribution in [2.45, 2.75) is 64.1 Å². The number of carbonyl (C=O) groups excluding carboxylic acids is 2. The number of rotatable bonds is 12. The molecule has 0 aliphatic rings. The van der Waals surface area contributed by atoms with Gasteiger partial charge in [0, 0.05) is 12.8 Å². The van der Waals surface area contributed by atoms with Crippen molar-refractivity contribution in [2.24, 2.45) is 10.2 Å². The molecule has 7 heteroatoms. The molecular weight excluding hydrogens is 396 g/mol. The minimum atomic E-state index is -1.35. The first-order valence-corrected chi connectivity index (χ1v) is 10.5. The molecule has 1 N–H and O–H groups in total. The maximum absolute atomic E-state index is 11.9. The van der Waals surface area contributed by atoms with Gasteiger partial charge < -0.3 is 14.6 Å². The van der Waals surface area contributed by atoms with Gasteiger partial charge in [-0.25, -0.2) is 0 Å². The zero-order chi connectivity index (χ0) is 22.5. The van der Waals surface area contributed by atoms with Crippen molar-refractivity contribution in [3.05, 3.63) is 60.7 Å². The van der Waals surface area contributed by atoms with E-state index in [1.165, 1.54) is 0 Å². The molecule has 0 spiro atoms. The Morgan fingerprint density at radius 1 is 0.903 bits per heavy atom. The third-order valence-electron chi connectivity index (χ3n) is 4.45. The number of carbonyl (C=O) groups is 2. The predicted octanol–water partition coefficient (Wildman–Crippen LogP) is 5.09. The normalized spacial score (nSPS) is 14.0. The fourth-order valence-corrected chi connectivity index (χ4v) is 2.78. The van der Waals surface area contributed by atoms with Crippen molar-refractivity contribution in [3.63, 3.8) is 0 Å². The average Bonchev–Trinajstić information content (AvgIpc) is 2.73. The number of esters is 2. The van der Waals surface area contributed by atoms with Gasteiger partial charge in [0.25, 0.3) is 0 Å². The Hall–Kier alpha value is -3.06. The number of benzene rings is 2. The topological polar surface area (TPSA) is 97.5 Å². The van der Waals surface area contributed by atoms with Gasteiger partial charge in [0.1, 0.15) is 11.5 Å². The number of hydrogen-bond acceptors (Lipinski definition) is 7. The molecule has 31 heavy (non-hydrogen) atoms. The molecule has 0 fully saturated rings. The molecular formula is C24H30N2O5. The van der Waals surface area contributed by atoms with E-state index in [1.54, 1.807) is 43.3 Å². The highest BCUT2D eigenvalue weighted by atomic mass is 16.5. The number of nitrogens with zero attached hydrogens (tertiary/aromatic N) is 2. The summed E-state index contributed by atoms with van der Waals surface area (Å²) in [6.07, 6.45) is 2.44. The highest BCUT2D eigenvalue weighted by Gasteiger charge is 2.20. The zero-order valence-corrected chi connectivity index (χ0v) is 18.1. The molecule has 0 aromatic heterocycles. The Morgan fingerprint density at radius 2 is 1.39 bits per heavy atom. The molecule has 0 saturated carbocycles. The second-order valence-electron chi connectivity index (χ2n) is 7.60. The van der Waals surface area contributed by atoms with E-state index < -0.39 is 5.72 Å². The van der Waals surface area contributed by atoms with Gasteiger partial charge in [-0.1, -0.05) is 36.4 Å². The molecule has 2 rings (SSSR count). The van der Waals surface area contributed by atoms with Crippen LogP contribution in [0.3, 0.4) is 0 Å². The van der Waals surface area contributed by atoms with Gasteiger partial charge in [0.05, 0.1) is 6.04 Å². The molecule has 0 bridgehead atoms. The second kappa shape index (κ2) is 12.6. The molecule has 0 amide bonds. The summed E-state index contributed by atoms with van der Waals surface area (Å²) >= 11 is 0. The lowest BCUT2D eigenvalue weighted by atomic mass is 10.1. The van der Waals surface area contributed by atoms with Gasteiger partial charge >= 0.3 is 11.9 Å². The summed E-state index contributed by atoms with van der Waals surface area (Å²) in [7, 11) is 0. The van der Waals surface area contributed by atoms with E-state index in [1.807, 2.05) is 31.2 Å². The Kier molecular flexibility index (Phi) is 9.84. The summed E-state index contributed by atoms with van der Waals surface area (Å²) < 4.78 is 10.5. The first-order chi connectivity index (χ1) is 14.8. The van der Waals surface area contributed by atoms with Crippen LogP contribution >= 0.6 is 0 Å². The van der Waals surface area contributed by atoms with Gasteiger partial charge in [-0.3, -0.25) is 9.59 Å². The Labute approximate surface area is 183 Å². The van der Waals surface area contributed by atoms with Crippen LogP contribution in [-0.2, 0) is 9.59 Å². The van der Waals surface area contributed by atoms with Gasteiger partial charge in [-0.2, -0.15) is 10.2 Å². The van der Waals surface area contributed by atoms with E-state index in [-0.39, 0.29) is 37.2 Å². The Bertz CT molecular complexity index is 838. The van der Waals surface area contributed by atoms with Gasteiger partial charge in [-0.05, 0) is 63.8 Å². The summed E-state index contributed by atoms with van der Waals surface area (Å²) in [5.74, 6) is 0.392. The van der Waals surface area contributed by atoms with E-state index in [2.05, 4.69) is 10.2 Å². The molecule has 7 nitrogen and oxygen atoms in total. The van der Waals surface area contributed by atoms with E-state index in [9.17, 15) is 14.7 Å². The van der Waals surface area contributed by atoms with Gasteiger partial charge in [0.2, 0.25) is 0 Å². The standard InChI is InChI=1S/C24H30N2O5/c1-19(11-9-16-22(27)30-20-12-5-3-6-13-20)25-26-24(2,29)18-10-17-23(28)31-21-14-7-4-8-15-21/h3-8,12-15,19,29H,9-11,16-18H2,1-2H3/b26-25+. The van der Waals surface area contributed by atoms with Crippen LogP contribution in [0.1, 0.15) is 52.4 Å². The maximum atomic E-state index is 11.9. The monoisotopic (exact) mass is 426 g/mol. The maximum Gasteiger partial charge on any atom is 0.311 e. The number of hydrogen-bond donors (Lipinski definition) is 1. The molecule has 0 saturated heterocycles. The lowest BCUT2D eigenvalue weighted by Crippen LogP contribution is -2.21. The molecule has 2 atom stereocenters. The summed E-state index contributed by atoms with van der Waals surface area (Å²) in [5.41, 5.74) is -1.35. The summed E-state index contributed by atoms with van der Waals surface area (Å²) in [6.45, 7) is 3.43. The molecule has 0 radical (unpaired) electrons. The average molecular weight is 427 g/mol. The van der Waals surface area contributed by atoms with Crippen LogP contribution in [0.4, 0.5) is 0 Å². The summed E-state index contributed by atoms with van der Waals surface area (Å²) in [5, 5.41) is 18.5. The van der Waals surface area contributed by atoms with Crippen molar-refractivity contribution in [2.75, 3.05) is 0 Å². The number of azo groups is 1. The molecule has 0 aliphatic carbocycles. The lowest BCUT2D eigenvalue weighted by molar-refractivity contribution is -0.135. The van der Waals surface area contributed by atoms with E-state index in [4.69, 9.17) is 9.47 Å². The minimum Gasteiger partial charge on any atom is -0.427 e. The first-order valence-electron chi connectivity index (χ1n) is 10.5. The van der Waals surface area contributed by atoms with Crippen LogP contribution in [0.5, 0.6) is 11.5 Å². The van der Waals surface area contributed by atoms with Crippen LogP contribution in [-0.4, -0.2) is 28.8 Å². The highest BCUT2D eigenvalue weighted by molar-refractivity contribution is 5.72. The van der Waals surface area contributed by atoms with E-state index in [0.717, 1.165) is 0 Å². The van der Waals surface area contributed by atoms with Crippen LogP contribution < -0.4 is 9.47 Å². The molecule has 2 aromatic rings. The third-order valence-corrected chi connectivity index (χ3v) is 4.45. The number of para-hydroxylation sites is 2. The Morgan fingerprint density at radius 3 is 1.90 bits per heavy atom. The van der Waals surface area contributed by atoms with Gasteiger partial charge in [-0.15, -0.1) is 0 Å². The van der Waals surface area contributed by atoms with Crippen molar-refractivity contribution >= 4 is 11.9 Å². The van der Waals surface area contributed by atoms with Crippen molar-refractivity contribution in [3.8, 4) is 11.5 Å². The molecule has 0 heterocycles. The van der Waals surface area contributed by atoms with Crippen LogP contribution in [0.2, 0.25) is 0 Å². The van der Waals surface area contributed by atoms with Crippen LogP contribution in [0.15, 0.2) is 70.9 Å². The largest absolute Gasteiger partial charge is 0.427 e. The van der Waals surface area contributed by atoms with Crippen LogP contribution in [0.25, 0.3) is 0 Å². The van der Waals surface area contributed by atoms with Gasteiger partial charge in [0.15, 0.2) is 5.72 Å². The van der Waals surface area contributed by atoms with Crippen LogP contribution in [0, 0.1) is 0 Å². The predicted molar refractivity (Wildman–Crippen MR) is 117 cm³/mol. The molecule has 2 aromatic carbocycles. The third kappa shape index (κ3) is 10.5. The van der Waals surface area contributed by atoms with Crippen molar-refractivity contribution in [1.82, 2.24) is 0 Å². The Balaban J connectivity index is 1.62. The second-order valence-corrected chi connectivity index (χ2v) is 7.60. The van der Waals surface area contributed by atoms with E-state index >= 15 is 0 Å². The smallest absolute Gasteiger partial charge is 0.311 e. The summed E-state index contributed by atoms with van der Waals surface area (Å²) in [6, 6.07) is 17.7. The minimum absolute atomic E-state index is 0.140. The molecule has 0 aliphatic heterocycles. The number of aliphatic hydroxyl groups is 1. The SMILES string of the molecule is CC(CCCC(=O)Oc1ccccc1)/N=N/C(C)(O)CCCC(=O)Oc1ccccc1. The summed E-state index contributed by atoms with van der Waals surface area (Å²) in [4.78, 5) is 23.7. The fourth-order valence-electron chi connectivity index (χ4n) is 2.78. The van der Waals surface area contributed by atoms with E-state index in [0.29, 0.717) is 30.8 Å². The van der Waals surface area contributed by atoms with Crippen molar-refractivity contribution in [1.29, 1.82) is 0 Å². The quantitative estimate of drug-likeness (QED) is 0.290. The molecule has 166 valence electrons. The lowest BCUT2D eigenvalue weighted by Gasteiger charge is -2.17. The fraction of sp³-hybridized carbons (Fsp3) is 0.417. The molecule has 2 unspecified atom stereocenters. The zero-order valence-electron chi connectivity index (χ0n) is 18.1. The first kappa shape index (κ1) is 24.2.